The lowest BCUT2D eigenvalue weighted by molar-refractivity contribution is 1.16. The van der Waals surface area contributed by atoms with E-state index in [-0.39, 0.29) is 0 Å². The highest BCUT2D eigenvalue weighted by molar-refractivity contribution is 5.84. The van der Waals surface area contributed by atoms with Gasteiger partial charge in [-0.1, -0.05) is 24.3 Å². The minimum Gasteiger partial charge on any atom is -0.352 e. The Bertz CT molecular complexity index is 390. The zero-order valence-electron chi connectivity index (χ0n) is 7.57. The Morgan fingerprint density at radius 1 is 0.714 bits per heavy atom. The average molecular weight is 181 g/mol. The topological polar surface area (TPSA) is 26.1 Å². The van der Waals surface area contributed by atoms with Crippen molar-refractivity contribution in [2.24, 2.45) is 0 Å². The van der Waals surface area contributed by atoms with E-state index in [1.54, 1.807) is 0 Å². The summed E-state index contributed by atoms with van der Waals surface area (Å²) in [6, 6.07) is 16.1. The number of para-hydroxylation sites is 4. The smallest absolute Gasteiger partial charge is 0.0872 e. The normalized spacial score (nSPS) is 12.0. The standard InChI is InChI=1S/C12H9N2/c1-2-6-10-9(5-1)13-11-7-3-4-8-12(11)14-10/h1-8,13H. The lowest BCUT2D eigenvalue weighted by Gasteiger charge is -2.20. The Labute approximate surface area is 82.6 Å². The van der Waals surface area contributed by atoms with Crippen molar-refractivity contribution in [1.82, 2.24) is 5.32 Å². The molecule has 2 heteroatoms. The molecule has 2 aromatic carbocycles. The second-order valence-electron chi connectivity index (χ2n) is 3.27. The van der Waals surface area contributed by atoms with Gasteiger partial charge in [-0.05, 0) is 24.3 Å². The van der Waals surface area contributed by atoms with Crippen molar-refractivity contribution in [3.63, 3.8) is 0 Å². The summed E-state index contributed by atoms with van der Waals surface area (Å²) < 4.78 is 0. The molecule has 0 aromatic heterocycles. The molecule has 0 amide bonds. The van der Waals surface area contributed by atoms with Crippen LogP contribution in [-0.2, 0) is 0 Å². The van der Waals surface area contributed by atoms with Crippen molar-refractivity contribution >= 4 is 22.7 Å². The van der Waals surface area contributed by atoms with Gasteiger partial charge in [0.2, 0.25) is 0 Å². The summed E-state index contributed by atoms with van der Waals surface area (Å²) in [5.74, 6) is 0. The summed E-state index contributed by atoms with van der Waals surface area (Å²) in [4.78, 5) is 0. The van der Waals surface area contributed by atoms with E-state index in [1.807, 2.05) is 48.5 Å². The number of hydrogen-bond acceptors (Lipinski definition) is 1. The molecule has 67 valence electrons. The molecule has 1 N–H and O–H groups in total. The predicted molar refractivity (Wildman–Crippen MR) is 57.6 cm³/mol. The molecule has 0 spiro atoms. The largest absolute Gasteiger partial charge is 0.352 e. The van der Waals surface area contributed by atoms with Crippen molar-refractivity contribution < 1.29 is 0 Å². The molecule has 1 aliphatic rings. The summed E-state index contributed by atoms with van der Waals surface area (Å²) in [7, 11) is 0. The number of hydrogen-bond donors (Lipinski definition) is 1. The molecule has 0 fully saturated rings. The highest BCUT2D eigenvalue weighted by Gasteiger charge is 2.13. The monoisotopic (exact) mass is 181 g/mol. The highest BCUT2D eigenvalue weighted by Crippen LogP contribution is 2.37. The van der Waals surface area contributed by atoms with E-state index in [9.17, 15) is 0 Å². The van der Waals surface area contributed by atoms with Crippen LogP contribution in [0.1, 0.15) is 0 Å². The first-order chi connectivity index (χ1) is 6.93. The summed E-state index contributed by atoms with van der Waals surface area (Å²) in [6.45, 7) is 0. The molecule has 1 heterocycles. The van der Waals surface area contributed by atoms with Crippen molar-refractivity contribution in [2.75, 3.05) is 5.32 Å². The van der Waals surface area contributed by atoms with Gasteiger partial charge in [-0.15, -0.1) is 0 Å². The highest BCUT2D eigenvalue weighted by atomic mass is 15.0. The van der Waals surface area contributed by atoms with Crippen molar-refractivity contribution in [3.8, 4) is 0 Å². The SMILES string of the molecule is c1ccc2c(c1)[N]c1ccccc1N2. The average Bonchev–Trinajstić information content (AvgIpc) is 2.26. The summed E-state index contributed by atoms with van der Waals surface area (Å²) in [6.07, 6.45) is 0. The van der Waals surface area contributed by atoms with Crippen LogP contribution in [0.4, 0.5) is 22.7 Å². The molecule has 3 rings (SSSR count). The predicted octanol–water partition coefficient (Wildman–Crippen LogP) is 3.31. The number of fused-ring (bicyclic) bond motifs is 2. The molecular weight excluding hydrogens is 172 g/mol. The van der Waals surface area contributed by atoms with Crippen LogP contribution in [-0.4, -0.2) is 0 Å². The van der Waals surface area contributed by atoms with Crippen LogP contribution >= 0.6 is 0 Å². The second-order valence-corrected chi connectivity index (χ2v) is 3.27. The van der Waals surface area contributed by atoms with E-state index < -0.39 is 0 Å². The van der Waals surface area contributed by atoms with E-state index in [1.165, 1.54) is 0 Å². The molecular formula is C12H9N2. The van der Waals surface area contributed by atoms with E-state index in [0.717, 1.165) is 22.7 Å². The maximum Gasteiger partial charge on any atom is 0.0872 e. The Morgan fingerprint density at radius 2 is 1.21 bits per heavy atom. The summed E-state index contributed by atoms with van der Waals surface area (Å²) in [5.41, 5.74) is 4.16. The van der Waals surface area contributed by atoms with Crippen LogP contribution in [0.25, 0.3) is 0 Å². The second kappa shape index (κ2) is 2.77. The van der Waals surface area contributed by atoms with Crippen LogP contribution in [0.2, 0.25) is 0 Å². The quantitative estimate of drug-likeness (QED) is 0.565. The number of benzene rings is 2. The maximum atomic E-state index is 4.55. The molecule has 0 aliphatic carbocycles. The molecule has 2 nitrogen and oxygen atoms in total. The molecule has 2 aromatic rings. The Balaban J connectivity index is 2.12. The van der Waals surface area contributed by atoms with Gasteiger partial charge in [-0.25, -0.2) is 5.32 Å². The molecule has 0 unspecified atom stereocenters. The lowest BCUT2D eigenvalue weighted by Crippen LogP contribution is -2.04. The van der Waals surface area contributed by atoms with E-state index in [0.29, 0.717) is 0 Å². The van der Waals surface area contributed by atoms with Crippen molar-refractivity contribution in [1.29, 1.82) is 0 Å². The minimum absolute atomic E-state index is 1.01. The molecule has 14 heavy (non-hydrogen) atoms. The van der Waals surface area contributed by atoms with Gasteiger partial charge >= 0.3 is 0 Å². The van der Waals surface area contributed by atoms with Crippen LogP contribution in [0.3, 0.4) is 0 Å². The van der Waals surface area contributed by atoms with Gasteiger partial charge in [0.25, 0.3) is 0 Å². The van der Waals surface area contributed by atoms with E-state index in [2.05, 4.69) is 10.6 Å². The van der Waals surface area contributed by atoms with Crippen LogP contribution in [0.15, 0.2) is 48.5 Å². The Kier molecular flexibility index (Phi) is 1.47. The fourth-order valence-electron chi connectivity index (χ4n) is 1.63. The first kappa shape index (κ1) is 7.44. The molecule has 1 radical (unpaired) electrons. The van der Waals surface area contributed by atoms with Gasteiger partial charge in [0.15, 0.2) is 0 Å². The van der Waals surface area contributed by atoms with E-state index in [4.69, 9.17) is 0 Å². The summed E-state index contributed by atoms with van der Waals surface area (Å²) >= 11 is 0. The summed E-state index contributed by atoms with van der Waals surface area (Å²) in [5, 5.41) is 7.89. The number of anilines is 2. The first-order valence-corrected chi connectivity index (χ1v) is 4.60. The zero-order valence-corrected chi connectivity index (χ0v) is 7.57. The Morgan fingerprint density at radius 3 is 1.79 bits per heavy atom. The first-order valence-electron chi connectivity index (χ1n) is 4.60. The molecule has 0 saturated heterocycles. The Hall–Kier alpha value is -1.96. The number of nitrogens with one attached hydrogen (secondary N) is 1. The van der Waals surface area contributed by atoms with Gasteiger partial charge in [0, 0.05) is 0 Å². The zero-order chi connectivity index (χ0) is 9.38. The van der Waals surface area contributed by atoms with Gasteiger partial charge in [0.1, 0.15) is 0 Å². The third-order valence-corrected chi connectivity index (χ3v) is 2.32. The van der Waals surface area contributed by atoms with Gasteiger partial charge in [-0.2, -0.15) is 0 Å². The third kappa shape index (κ3) is 1.04. The third-order valence-electron chi connectivity index (χ3n) is 2.32. The number of rotatable bonds is 0. The van der Waals surface area contributed by atoms with Gasteiger partial charge < -0.3 is 5.32 Å². The fraction of sp³-hybridized carbons (Fsp3) is 0. The van der Waals surface area contributed by atoms with Crippen molar-refractivity contribution in [3.05, 3.63) is 48.5 Å². The molecule has 1 aliphatic heterocycles. The minimum atomic E-state index is 1.01. The number of nitrogens with zero attached hydrogens (tertiary/aromatic N) is 1. The van der Waals surface area contributed by atoms with Gasteiger partial charge in [0.05, 0.1) is 22.7 Å². The van der Waals surface area contributed by atoms with Crippen LogP contribution < -0.4 is 10.6 Å². The molecule has 0 bridgehead atoms. The van der Waals surface area contributed by atoms with Crippen molar-refractivity contribution in [2.45, 2.75) is 0 Å². The van der Waals surface area contributed by atoms with Crippen LogP contribution in [0.5, 0.6) is 0 Å². The fourth-order valence-corrected chi connectivity index (χ4v) is 1.63. The van der Waals surface area contributed by atoms with Crippen LogP contribution in [0, 0.1) is 0 Å². The maximum absolute atomic E-state index is 4.55. The van der Waals surface area contributed by atoms with E-state index >= 15 is 0 Å². The molecule has 0 saturated carbocycles. The lowest BCUT2D eigenvalue weighted by atomic mass is 10.1. The molecule has 0 atom stereocenters. The van der Waals surface area contributed by atoms with Gasteiger partial charge in [-0.3, -0.25) is 0 Å².